The first-order valence-corrected chi connectivity index (χ1v) is 8.14. The Morgan fingerprint density at radius 1 is 1.24 bits per heavy atom. The Morgan fingerprint density at radius 2 is 1.90 bits per heavy atom. The van der Waals surface area contributed by atoms with Crippen molar-refractivity contribution in [3.8, 4) is 0 Å². The first-order chi connectivity index (χ1) is 10.0. The Balaban J connectivity index is 2.90. The highest BCUT2D eigenvalue weighted by molar-refractivity contribution is 5.25. The van der Waals surface area contributed by atoms with Crippen molar-refractivity contribution in [1.29, 1.82) is 0 Å². The number of rotatable bonds is 10. The zero-order valence-corrected chi connectivity index (χ0v) is 14.1. The summed E-state index contributed by atoms with van der Waals surface area (Å²) in [5.41, 5.74) is 1.41. The maximum Gasteiger partial charge on any atom is 0.0558 e. The van der Waals surface area contributed by atoms with E-state index in [2.05, 4.69) is 68.2 Å². The minimum absolute atomic E-state index is 0.0515. The van der Waals surface area contributed by atoms with Crippen molar-refractivity contribution in [2.24, 2.45) is 0 Å². The summed E-state index contributed by atoms with van der Waals surface area (Å²) in [4.78, 5) is 2.36. The molecule has 0 fully saturated rings. The lowest BCUT2D eigenvalue weighted by molar-refractivity contribution is 0.136. The molecule has 0 heterocycles. The summed E-state index contributed by atoms with van der Waals surface area (Å²) in [6.07, 6.45) is 1.15. The van der Waals surface area contributed by atoms with Gasteiger partial charge in [0.25, 0.3) is 0 Å². The molecule has 21 heavy (non-hydrogen) atoms. The summed E-state index contributed by atoms with van der Waals surface area (Å²) in [5, 5.41) is 12.9. The van der Waals surface area contributed by atoms with Gasteiger partial charge in [-0.05, 0) is 32.4 Å². The molecule has 1 unspecified atom stereocenters. The van der Waals surface area contributed by atoms with Gasteiger partial charge in [-0.2, -0.15) is 0 Å². The minimum atomic E-state index is 0.0515. The topological polar surface area (TPSA) is 35.5 Å². The lowest BCUT2D eigenvalue weighted by Gasteiger charge is -2.38. The van der Waals surface area contributed by atoms with Crippen LogP contribution in [0, 0.1) is 0 Å². The standard InChI is InChI=1S/C18H32N2O/c1-5-11-19-14-18(4,17-9-7-6-8-10-17)15-20(12-13-21)16(2)3/h6-10,16,19,21H,5,11-15H2,1-4H3. The molecule has 120 valence electrons. The van der Waals surface area contributed by atoms with Crippen LogP contribution < -0.4 is 5.32 Å². The molecule has 0 spiro atoms. The first-order valence-electron chi connectivity index (χ1n) is 8.14. The molecule has 1 aromatic rings. The van der Waals surface area contributed by atoms with E-state index in [0.29, 0.717) is 6.04 Å². The molecular formula is C18H32N2O. The summed E-state index contributed by atoms with van der Waals surface area (Å²) in [7, 11) is 0. The zero-order valence-electron chi connectivity index (χ0n) is 14.1. The highest BCUT2D eigenvalue weighted by atomic mass is 16.3. The fourth-order valence-corrected chi connectivity index (χ4v) is 2.73. The van der Waals surface area contributed by atoms with Crippen molar-refractivity contribution in [1.82, 2.24) is 10.2 Å². The molecule has 0 aliphatic heterocycles. The van der Waals surface area contributed by atoms with E-state index >= 15 is 0 Å². The molecule has 0 bridgehead atoms. The van der Waals surface area contributed by atoms with Crippen LogP contribution in [0.2, 0.25) is 0 Å². The van der Waals surface area contributed by atoms with E-state index in [-0.39, 0.29) is 12.0 Å². The molecule has 0 amide bonds. The Hall–Kier alpha value is -0.900. The average molecular weight is 292 g/mol. The van der Waals surface area contributed by atoms with Crippen LogP contribution in [0.1, 0.15) is 39.7 Å². The van der Waals surface area contributed by atoms with Gasteiger partial charge in [-0.3, -0.25) is 4.90 Å². The number of aliphatic hydroxyl groups excluding tert-OH is 1. The van der Waals surface area contributed by atoms with Crippen molar-refractivity contribution >= 4 is 0 Å². The molecule has 0 aromatic heterocycles. The van der Waals surface area contributed by atoms with Gasteiger partial charge in [-0.15, -0.1) is 0 Å². The molecule has 2 N–H and O–H groups in total. The Kier molecular flexibility index (Phi) is 7.94. The van der Waals surface area contributed by atoms with Gasteiger partial charge >= 0.3 is 0 Å². The summed E-state index contributed by atoms with van der Waals surface area (Å²) in [6.45, 7) is 12.8. The summed E-state index contributed by atoms with van der Waals surface area (Å²) < 4.78 is 0. The van der Waals surface area contributed by atoms with Crippen molar-refractivity contribution < 1.29 is 5.11 Å². The predicted octanol–water partition coefficient (Wildman–Crippen LogP) is 2.65. The minimum Gasteiger partial charge on any atom is -0.395 e. The van der Waals surface area contributed by atoms with Gasteiger partial charge in [0.1, 0.15) is 0 Å². The van der Waals surface area contributed by atoms with E-state index < -0.39 is 0 Å². The van der Waals surface area contributed by atoms with Gasteiger partial charge in [0, 0.05) is 31.1 Å². The SMILES string of the molecule is CCCNCC(C)(CN(CCO)C(C)C)c1ccccc1. The average Bonchev–Trinajstić information content (AvgIpc) is 2.48. The number of hydrogen-bond donors (Lipinski definition) is 2. The van der Waals surface area contributed by atoms with Crippen LogP contribution in [0.5, 0.6) is 0 Å². The molecule has 1 atom stereocenters. The predicted molar refractivity (Wildman–Crippen MR) is 90.7 cm³/mol. The Morgan fingerprint density at radius 3 is 2.43 bits per heavy atom. The lowest BCUT2D eigenvalue weighted by Crippen LogP contribution is -2.48. The zero-order chi connectivity index (χ0) is 15.7. The van der Waals surface area contributed by atoms with Gasteiger partial charge in [-0.1, -0.05) is 44.2 Å². The molecule has 1 aromatic carbocycles. The van der Waals surface area contributed by atoms with E-state index in [9.17, 15) is 5.11 Å². The molecule has 1 rings (SSSR count). The fourth-order valence-electron chi connectivity index (χ4n) is 2.73. The van der Waals surface area contributed by atoms with E-state index in [4.69, 9.17) is 0 Å². The quantitative estimate of drug-likeness (QED) is 0.651. The molecule has 3 heteroatoms. The van der Waals surface area contributed by atoms with Crippen molar-refractivity contribution in [3.05, 3.63) is 35.9 Å². The van der Waals surface area contributed by atoms with E-state index in [1.807, 2.05) is 0 Å². The van der Waals surface area contributed by atoms with E-state index in [1.165, 1.54) is 5.56 Å². The number of aliphatic hydroxyl groups is 1. The highest BCUT2D eigenvalue weighted by Gasteiger charge is 2.29. The summed E-state index contributed by atoms with van der Waals surface area (Å²) in [6, 6.07) is 11.2. The lowest BCUT2D eigenvalue weighted by atomic mass is 9.81. The molecule has 3 nitrogen and oxygen atoms in total. The second-order valence-electron chi connectivity index (χ2n) is 6.39. The summed E-state index contributed by atoms with van der Waals surface area (Å²) >= 11 is 0. The Labute approximate surface area is 130 Å². The second-order valence-corrected chi connectivity index (χ2v) is 6.39. The van der Waals surface area contributed by atoms with Crippen LogP contribution in [-0.2, 0) is 5.41 Å². The van der Waals surface area contributed by atoms with Crippen LogP contribution >= 0.6 is 0 Å². The molecule has 0 aliphatic rings. The maximum absolute atomic E-state index is 9.31. The number of benzene rings is 1. The van der Waals surface area contributed by atoms with Crippen molar-refractivity contribution in [2.75, 3.05) is 32.8 Å². The van der Waals surface area contributed by atoms with Crippen molar-refractivity contribution in [3.63, 3.8) is 0 Å². The highest BCUT2D eigenvalue weighted by Crippen LogP contribution is 2.25. The van der Waals surface area contributed by atoms with Gasteiger partial charge in [0.15, 0.2) is 0 Å². The van der Waals surface area contributed by atoms with Crippen molar-refractivity contribution in [2.45, 2.75) is 45.6 Å². The molecule has 0 saturated carbocycles. The first kappa shape index (κ1) is 18.1. The number of nitrogens with zero attached hydrogens (tertiary/aromatic N) is 1. The largest absolute Gasteiger partial charge is 0.395 e. The fraction of sp³-hybridized carbons (Fsp3) is 0.667. The third-order valence-corrected chi connectivity index (χ3v) is 4.08. The monoisotopic (exact) mass is 292 g/mol. The third kappa shape index (κ3) is 5.77. The van der Waals surface area contributed by atoms with Crippen LogP contribution in [0.4, 0.5) is 0 Å². The van der Waals surface area contributed by atoms with Crippen LogP contribution in [0.25, 0.3) is 0 Å². The third-order valence-electron chi connectivity index (χ3n) is 4.08. The van der Waals surface area contributed by atoms with E-state index in [1.54, 1.807) is 0 Å². The number of nitrogens with one attached hydrogen (secondary N) is 1. The smallest absolute Gasteiger partial charge is 0.0558 e. The van der Waals surface area contributed by atoms with Crippen LogP contribution in [0.3, 0.4) is 0 Å². The molecule has 0 radical (unpaired) electrons. The maximum atomic E-state index is 9.31. The van der Waals surface area contributed by atoms with Crippen LogP contribution in [-0.4, -0.2) is 48.8 Å². The van der Waals surface area contributed by atoms with Gasteiger partial charge < -0.3 is 10.4 Å². The molecule has 0 saturated heterocycles. The van der Waals surface area contributed by atoms with Crippen LogP contribution in [0.15, 0.2) is 30.3 Å². The van der Waals surface area contributed by atoms with Gasteiger partial charge in [0.2, 0.25) is 0 Å². The second kappa shape index (κ2) is 9.19. The van der Waals surface area contributed by atoms with E-state index in [0.717, 1.165) is 32.6 Å². The molecule has 0 aliphatic carbocycles. The normalized spacial score (nSPS) is 14.6. The molecular weight excluding hydrogens is 260 g/mol. The summed E-state index contributed by atoms with van der Waals surface area (Å²) in [5.74, 6) is 0. The number of hydrogen-bond acceptors (Lipinski definition) is 3. The Bertz CT molecular complexity index is 380. The van der Waals surface area contributed by atoms with Gasteiger partial charge in [-0.25, -0.2) is 0 Å². The van der Waals surface area contributed by atoms with Gasteiger partial charge in [0.05, 0.1) is 6.61 Å².